The number of rotatable bonds is 5. The molecule has 0 fully saturated rings. The number of hydrogen-bond donors (Lipinski definition) is 3. The Bertz CT molecular complexity index is 857. The van der Waals surface area contributed by atoms with E-state index in [4.69, 9.17) is 21.9 Å². The second-order valence-electron chi connectivity index (χ2n) is 5.06. The molecule has 134 valence electrons. The van der Waals surface area contributed by atoms with Crippen LogP contribution in [0.15, 0.2) is 63.0 Å². The molecule has 0 saturated carbocycles. The number of hydrogen-bond acceptors (Lipinski definition) is 4. The molecule has 0 spiro atoms. The van der Waals surface area contributed by atoms with Gasteiger partial charge in [-0.25, -0.2) is 9.79 Å². The van der Waals surface area contributed by atoms with Gasteiger partial charge in [0.1, 0.15) is 0 Å². The van der Waals surface area contributed by atoms with Crippen LogP contribution < -0.4 is 17.2 Å². The second kappa shape index (κ2) is 8.77. The van der Waals surface area contributed by atoms with Gasteiger partial charge in [-0.05, 0) is 36.4 Å². The van der Waals surface area contributed by atoms with Crippen molar-refractivity contribution in [2.24, 2.45) is 27.2 Å². The SMILES string of the molecule is NC(N)=NC(N)=Nc1ccc(C(=O)OCC(=O)c2ccc(Br)cc2)cc1. The number of benzene rings is 2. The summed E-state index contributed by atoms with van der Waals surface area (Å²) in [6.07, 6.45) is 0. The van der Waals surface area contributed by atoms with Crippen LogP contribution in [0.2, 0.25) is 0 Å². The van der Waals surface area contributed by atoms with Crippen molar-refractivity contribution >= 4 is 45.3 Å². The number of aliphatic imine (C=N–C) groups is 2. The number of guanidine groups is 2. The third-order valence-corrected chi connectivity index (χ3v) is 3.62. The van der Waals surface area contributed by atoms with Gasteiger partial charge in [0.25, 0.3) is 0 Å². The molecule has 6 N–H and O–H groups in total. The fraction of sp³-hybridized carbons (Fsp3) is 0.0588. The molecule has 0 bridgehead atoms. The van der Waals surface area contributed by atoms with Crippen LogP contribution in [0.4, 0.5) is 5.69 Å². The first kappa shape index (κ1) is 19.1. The van der Waals surface area contributed by atoms with Gasteiger partial charge in [0, 0.05) is 10.0 Å². The number of esters is 1. The summed E-state index contributed by atoms with van der Waals surface area (Å²) >= 11 is 3.29. The van der Waals surface area contributed by atoms with Gasteiger partial charge in [-0.2, -0.15) is 4.99 Å². The van der Waals surface area contributed by atoms with E-state index < -0.39 is 5.97 Å². The second-order valence-corrected chi connectivity index (χ2v) is 5.98. The molecule has 0 aromatic heterocycles. The van der Waals surface area contributed by atoms with E-state index in [0.29, 0.717) is 11.3 Å². The number of carbonyl (C=O) groups is 2. The lowest BCUT2D eigenvalue weighted by Crippen LogP contribution is -2.26. The van der Waals surface area contributed by atoms with Gasteiger partial charge in [0.05, 0.1) is 11.3 Å². The molecule has 0 aliphatic carbocycles. The molecule has 2 aromatic carbocycles. The van der Waals surface area contributed by atoms with Gasteiger partial charge < -0.3 is 21.9 Å². The summed E-state index contributed by atoms with van der Waals surface area (Å²) in [5.74, 6) is -1.23. The Balaban J connectivity index is 1.96. The van der Waals surface area contributed by atoms with E-state index in [1.807, 2.05) is 0 Å². The van der Waals surface area contributed by atoms with Gasteiger partial charge in [-0.15, -0.1) is 0 Å². The summed E-state index contributed by atoms with van der Waals surface area (Å²) in [4.78, 5) is 31.6. The van der Waals surface area contributed by atoms with Crippen LogP contribution in [0.5, 0.6) is 0 Å². The van der Waals surface area contributed by atoms with Crippen molar-refractivity contribution in [3.63, 3.8) is 0 Å². The minimum Gasteiger partial charge on any atom is -0.454 e. The molecule has 8 nitrogen and oxygen atoms in total. The number of nitrogens with zero attached hydrogens (tertiary/aromatic N) is 2. The summed E-state index contributed by atoms with van der Waals surface area (Å²) < 4.78 is 5.89. The molecule has 9 heteroatoms. The van der Waals surface area contributed by atoms with Crippen molar-refractivity contribution in [3.05, 3.63) is 64.1 Å². The highest BCUT2D eigenvalue weighted by Crippen LogP contribution is 2.15. The lowest BCUT2D eigenvalue weighted by Gasteiger charge is -2.05. The monoisotopic (exact) mass is 417 g/mol. The molecule has 0 unspecified atom stereocenters. The summed E-state index contributed by atoms with van der Waals surface area (Å²) in [5.41, 5.74) is 17.1. The molecule has 0 aliphatic heterocycles. The highest BCUT2D eigenvalue weighted by Gasteiger charge is 2.12. The van der Waals surface area contributed by atoms with E-state index in [-0.39, 0.29) is 29.9 Å². The number of nitrogens with two attached hydrogens (primary N) is 3. The summed E-state index contributed by atoms with van der Waals surface area (Å²) in [7, 11) is 0. The Morgan fingerprint density at radius 1 is 0.923 bits per heavy atom. The minimum atomic E-state index is -0.622. The first-order valence-electron chi connectivity index (χ1n) is 7.35. The van der Waals surface area contributed by atoms with Crippen molar-refractivity contribution in [1.82, 2.24) is 0 Å². The van der Waals surface area contributed by atoms with Crippen LogP contribution in [0, 0.1) is 0 Å². The van der Waals surface area contributed by atoms with Crippen LogP contribution in [0.25, 0.3) is 0 Å². The predicted octanol–water partition coefficient (Wildman–Crippen LogP) is 1.71. The molecule has 2 rings (SSSR count). The van der Waals surface area contributed by atoms with Gasteiger partial charge in [0.15, 0.2) is 18.3 Å². The third-order valence-electron chi connectivity index (χ3n) is 3.09. The normalized spacial score (nSPS) is 10.9. The highest BCUT2D eigenvalue weighted by molar-refractivity contribution is 9.10. The quantitative estimate of drug-likeness (QED) is 0.292. The van der Waals surface area contributed by atoms with E-state index >= 15 is 0 Å². The average Bonchev–Trinajstić information content (AvgIpc) is 2.60. The van der Waals surface area contributed by atoms with Crippen LogP contribution in [-0.4, -0.2) is 30.3 Å². The minimum absolute atomic E-state index is 0.111. The summed E-state index contributed by atoms with van der Waals surface area (Å²) in [6, 6.07) is 12.8. The molecular weight excluding hydrogens is 402 g/mol. The number of Topliss-reactive ketones (excluding diaryl/α,β-unsaturated/α-hetero) is 1. The lowest BCUT2D eigenvalue weighted by molar-refractivity contribution is 0.0475. The van der Waals surface area contributed by atoms with Crippen molar-refractivity contribution in [2.75, 3.05) is 6.61 Å². The molecule has 0 amide bonds. The van der Waals surface area contributed by atoms with Gasteiger partial charge in [-0.1, -0.05) is 28.1 Å². The zero-order valence-corrected chi connectivity index (χ0v) is 15.1. The predicted molar refractivity (Wildman–Crippen MR) is 102 cm³/mol. The van der Waals surface area contributed by atoms with Crippen molar-refractivity contribution in [2.45, 2.75) is 0 Å². The summed E-state index contributed by atoms with van der Waals surface area (Å²) in [6.45, 7) is -0.349. The number of carbonyl (C=O) groups excluding carboxylic acids is 2. The molecular formula is C17H16BrN5O3. The zero-order chi connectivity index (χ0) is 19.1. The Morgan fingerprint density at radius 2 is 1.50 bits per heavy atom. The molecule has 26 heavy (non-hydrogen) atoms. The highest BCUT2D eigenvalue weighted by atomic mass is 79.9. The largest absolute Gasteiger partial charge is 0.454 e. The van der Waals surface area contributed by atoms with Crippen LogP contribution >= 0.6 is 15.9 Å². The molecule has 0 atom stereocenters. The molecule has 2 aromatic rings. The van der Waals surface area contributed by atoms with Crippen LogP contribution in [-0.2, 0) is 4.74 Å². The maximum Gasteiger partial charge on any atom is 0.338 e. The van der Waals surface area contributed by atoms with E-state index in [0.717, 1.165) is 4.47 Å². The van der Waals surface area contributed by atoms with Crippen molar-refractivity contribution < 1.29 is 14.3 Å². The van der Waals surface area contributed by atoms with Crippen LogP contribution in [0.3, 0.4) is 0 Å². The number of ether oxygens (including phenoxy) is 1. The summed E-state index contributed by atoms with van der Waals surface area (Å²) in [5, 5.41) is 0. The Labute approximate surface area is 157 Å². The van der Waals surface area contributed by atoms with E-state index in [2.05, 4.69) is 25.9 Å². The first-order chi connectivity index (χ1) is 12.3. The smallest absolute Gasteiger partial charge is 0.338 e. The maximum atomic E-state index is 12.0. The Kier molecular flexibility index (Phi) is 6.45. The van der Waals surface area contributed by atoms with Gasteiger partial charge in [-0.3, -0.25) is 4.79 Å². The van der Waals surface area contributed by atoms with Crippen molar-refractivity contribution in [1.29, 1.82) is 0 Å². The van der Waals surface area contributed by atoms with Crippen LogP contribution in [0.1, 0.15) is 20.7 Å². The van der Waals surface area contributed by atoms with E-state index in [1.165, 1.54) is 12.1 Å². The standard InChI is InChI=1S/C17H16BrN5O3/c18-12-5-1-10(2-6-12)14(24)9-26-15(25)11-3-7-13(8-4-11)22-17(21)23-16(19)20/h1-8H,9H2,(H6,19,20,21,22,23). The zero-order valence-electron chi connectivity index (χ0n) is 13.6. The number of ketones is 1. The topological polar surface area (TPSA) is 146 Å². The maximum absolute atomic E-state index is 12.0. The van der Waals surface area contributed by atoms with Gasteiger partial charge in [0.2, 0.25) is 5.96 Å². The van der Waals surface area contributed by atoms with E-state index in [9.17, 15) is 9.59 Å². The van der Waals surface area contributed by atoms with E-state index in [1.54, 1.807) is 36.4 Å². The number of halogens is 1. The molecule has 0 saturated heterocycles. The Hall–Kier alpha value is -3.20. The van der Waals surface area contributed by atoms with Gasteiger partial charge >= 0.3 is 5.97 Å². The average molecular weight is 418 g/mol. The lowest BCUT2D eigenvalue weighted by atomic mass is 10.1. The fourth-order valence-electron chi connectivity index (χ4n) is 1.90. The molecule has 0 radical (unpaired) electrons. The Morgan fingerprint density at radius 3 is 2.08 bits per heavy atom. The first-order valence-corrected chi connectivity index (χ1v) is 8.14. The molecule has 0 heterocycles. The molecule has 0 aliphatic rings. The third kappa shape index (κ3) is 5.71. The van der Waals surface area contributed by atoms with Crippen molar-refractivity contribution in [3.8, 4) is 0 Å². The fourth-order valence-corrected chi connectivity index (χ4v) is 2.16.